The number of rotatable bonds is 6. The SMILES string of the molecule is COC(C)c1nc(C)c(C(=O)NCC(N2CCNCC2)C(F)(F)F)s1. The molecule has 6 nitrogen and oxygen atoms in total. The summed E-state index contributed by atoms with van der Waals surface area (Å²) in [6.07, 6.45) is -4.67. The monoisotopic (exact) mass is 380 g/mol. The number of alkyl halides is 3. The van der Waals surface area contributed by atoms with Gasteiger partial charge in [-0.2, -0.15) is 13.2 Å². The van der Waals surface area contributed by atoms with E-state index in [1.807, 2.05) is 0 Å². The highest BCUT2D eigenvalue weighted by molar-refractivity contribution is 7.13. The van der Waals surface area contributed by atoms with Crippen molar-refractivity contribution in [2.24, 2.45) is 0 Å². The first-order valence-corrected chi connectivity index (χ1v) is 8.85. The van der Waals surface area contributed by atoms with Crippen molar-refractivity contribution in [2.45, 2.75) is 32.2 Å². The minimum atomic E-state index is -4.40. The van der Waals surface area contributed by atoms with E-state index in [0.717, 1.165) is 11.3 Å². The number of aryl methyl sites for hydroxylation is 1. The second-order valence-electron chi connectivity index (χ2n) is 5.90. The first-order chi connectivity index (χ1) is 11.7. The van der Waals surface area contributed by atoms with Crippen molar-refractivity contribution >= 4 is 17.2 Å². The highest BCUT2D eigenvalue weighted by atomic mass is 32.1. The number of halogens is 3. The number of methoxy groups -OCH3 is 1. The van der Waals surface area contributed by atoms with Crippen molar-refractivity contribution in [3.05, 3.63) is 15.6 Å². The van der Waals surface area contributed by atoms with Crippen LogP contribution in [0.25, 0.3) is 0 Å². The molecule has 1 aromatic heterocycles. The Labute approximate surface area is 148 Å². The molecule has 2 N–H and O–H groups in total. The van der Waals surface area contributed by atoms with E-state index in [1.54, 1.807) is 13.8 Å². The van der Waals surface area contributed by atoms with Crippen LogP contribution in [-0.2, 0) is 4.74 Å². The van der Waals surface area contributed by atoms with Gasteiger partial charge < -0.3 is 15.4 Å². The molecule has 2 unspecified atom stereocenters. The number of hydrogen-bond acceptors (Lipinski definition) is 6. The summed E-state index contributed by atoms with van der Waals surface area (Å²) in [5, 5.41) is 6.07. The van der Waals surface area contributed by atoms with Crippen LogP contribution in [0.1, 0.15) is 33.4 Å². The molecule has 1 aromatic rings. The molecule has 0 saturated carbocycles. The average Bonchev–Trinajstić information content (AvgIpc) is 2.96. The lowest BCUT2D eigenvalue weighted by atomic mass is 10.2. The van der Waals surface area contributed by atoms with Crippen molar-refractivity contribution in [1.82, 2.24) is 20.5 Å². The fraction of sp³-hybridized carbons (Fsp3) is 0.733. The number of hydrogen-bond donors (Lipinski definition) is 2. The van der Waals surface area contributed by atoms with Crippen LogP contribution in [0.2, 0.25) is 0 Å². The average molecular weight is 380 g/mol. The van der Waals surface area contributed by atoms with Crippen molar-refractivity contribution < 1.29 is 22.7 Å². The molecule has 2 rings (SSSR count). The van der Waals surface area contributed by atoms with Crippen LogP contribution in [0.15, 0.2) is 0 Å². The second-order valence-corrected chi connectivity index (χ2v) is 6.93. The Hall–Kier alpha value is -1.23. The summed E-state index contributed by atoms with van der Waals surface area (Å²) in [4.78, 5) is 18.3. The molecule has 1 fully saturated rings. The largest absolute Gasteiger partial charge is 0.405 e. The molecule has 0 aliphatic carbocycles. The molecule has 0 radical (unpaired) electrons. The normalized spacial score (nSPS) is 18.8. The van der Waals surface area contributed by atoms with Crippen molar-refractivity contribution in [1.29, 1.82) is 0 Å². The van der Waals surface area contributed by atoms with Crippen LogP contribution in [0, 0.1) is 6.92 Å². The van der Waals surface area contributed by atoms with E-state index in [1.165, 1.54) is 12.0 Å². The summed E-state index contributed by atoms with van der Waals surface area (Å²) in [7, 11) is 1.53. The Balaban J connectivity index is 2.04. The fourth-order valence-electron chi connectivity index (χ4n) is 2.62. The smallest absolute Gasteiger partial charge is 0.375 e. The summed E-state index contributed by atoms with van der Waals surface area (Å²) < 4.78 is 45.2. The minimum Gasteiger partial charge on any atom is -0.375 e. The third kappa shape index (κ3) is 5.13. The third-order valence-electron chi connectivity index (χ3n) is 4.15. The van der Waals surface area contributed by atoms with Crippen LogP contribution < -0.4 is 10.6 Å². The molecule has 1 aliphatic heterocycles. The van der Waals surface area contributed by atoms with Gasteiger partial charge in [0.1, 0.15) is 22.0 Å². The number of carbonyl (C=O) groups excluding carboxylic acids is 1. The summed E-state index contributed by atoms with van der Waals surface area (Å²) >= 11 is 1.14. The highest BCUT2D eigenvalue weighted by Gasteiger charge is 2.44. The Kier molecular flexibility index (Phi) is 6.78. The number of nitrogens with one attached hydrogen (secondary N) is 2. The lowest BCUT2D eigenvalue weighted by Crippen LogP contribution is -2.57. The van der Waals surface area contributed by atoms with E-state index in [4.69, 9.17) is 4.74 Å². The lowest BCUT2D eigenvalue weighted by molar-refractivity contribution is -0.183. The summed E-state index contributed by atoms with van der Waals surface area (Å²) in [5.41, 5.74) is 0.493. The summed E-state index contributed by atoms with van der Waals surface area (Å²) in [6.45, 7) is 4.59. The first kappa shape index (κ1) is 20.1. The Bertz CT molecular complexity index is 588. The van der Waals surface area contributed by atoms with Gasteiger partial charge in [-0.15, -0.1) is 11.3 Å². The van der Waals surface area contributed by atoms with Gasteiger partial charge in [-0.05, 0) is 13.8 Å². The number of ether oxygens (including phenoxy) is 1. The van der Waals surface area contributed by atoms with Gasteiger partial charge >= 0.3 is 6.18 Å². The zero-order valence-electron chi connectivity index (χ0n) is 14.4. The zero-order chi connectivity index (χ0) is 18.6. The van der Waals surface area contributed by atoms with E-state index >= 15 is 0 Å². The molecule has 1 saturated heterocycles. The van der Waals surface area contributed by atoms with Gasteiger partial charge in [0.25, 0.3) is 5.91 Å². The maximum Gasteiger partial charge on any atom is 0.405 e. The fourth-order valence-corrected chi connectivity index (χ4v) is 3.63. The molecule has 0 spiro atoms. The van der Waals surface area contributed by atoms with Gasteiger partial charge in [0, 0.05) is 39.8 Å². The molecule has 1 aliphatic rings. The zero-order valence-corrected chi connectivity index (χ0v) is 15.3. The van der Waals surface area contributed by atoms with Gasteiger partial charge in [-0.25, -0.2) is 4.98 Å². The van der Waals surface area contributed by atoms with E-state index in [0.29, 0.717) is 41.8 Å². The third-order valence-corrected chi connectivity index (χ3v) is 5.46. The standard InChI is InChI=1S/C15H23F3N4O2S/c1-9-12(25-14(21-9)10(2)24-3)13(23)20-8-11(15(16,17)18)22-6-4-19-5-7-22/h10-11,19H,4-8H2,1-3H3,(H,20,23). The van der Waals surface area contributed by atoms with Crippen LogP contribution >= 0.6 is 11.3 Å². The van der Waals surface area contributed by atoms with Crippen LogP contribution in [0.5, 0.6) is 0 Å². The highest BCUT2D eigenvalue weighted by Crippen LogP contribution is 2.27. The van der Waals surface area contributed by atoms with Crippen molar-refractivity contribution in [3.63, 3.8) is 0 Å². The molecule has 2 heterocycles. The molecule has 0 aromatic carbocycles. The van der Waals surface area contributed by atoms with Gasteiger partial charge in [-0.1, -0.05) is 0 Å². The molecule has 2 atom stereocenters. The number of amides is 1. The van der Waals surface area contributed by atoms with Crippen LogP contribution in [0.3, 0.4) is 0 Å². The molecule has 142 valence electrons. The van der Waals surface area contributed by atoms with Crippen molar-refractivity contribution in [2.75, 3.05) is 39.8 Å². The maximum absolute atomic E-state index is 13.4. The lowest BCUT2D eigenvalue weighted by Gasteiger charge is -2.35. The second kappa shape index (κ2) is 8.43. The van der Waals surface area contributed by atoms with Crippen LogP contribution in [0.4, 0.5) is 13.2 Å². The molecular weight excluding hydrogens is 357 g/mol. The number of aromatic nitrogens is 1. The van der Waals surface area contributed by atoms with Gasteiger partial charge in [0.2, 0.25) is 0 Å². The Morgan fingerprint density at radius 1 is 1.44 bits per heavy atom. The summed E-state index contributed by atoms with van der Waals surface area (Å²) in [5.74, 6) is -0.533. The molecule has 10 heteroatoms. The first-order valence-electron chi connectivity index (χ1n) is 8.03. The quantitative estimate of drug-likeness (QED) is 0.787. The van der Waals surface area contributed by atoms with Crippen molar-refractivity contribution in [3.8, 4) is 0 Å². The maximum atomic E-state index is 13.4. The number of thiazole rings is 1. The Morgan fingerprint density at radius 3 is 2.64 bits per heavy atom. The molecule has 1 amide bonds. The summed E-state index contributed by atoms with van der Waals surface area (Å²) in [6, 6.07) is -1.69. The topological polar surface area (TPSA) is 66.5 Å². The van der Waals surface area contributed by atoms with E-state index < -0.39 is 24.7 Å². The predicted molar refractivity (Wildman–Crippen MR) is 88.9 cm³/mol. The van der Waals surface area contributed by atoms with Gasteiger partial charge in [0.05, 0.1) is 5.69 Å². The number of piperazine rings is 1. The van der Waals surface area contributed by atoms with Gasteiger partial charge in [-0.3, -0.25) is 9.69 Å². The molecule has 0 bridgehead atoms. The molecule has 25 heavy (non-hydrogen) atoms. The number of carbonyl (C=O) groups is 1. The predicted octanol–water partition coefficient (Wildman–Crippen LogP) is 1.72. The minimum absolute atomic E-state index is 0.269. The van der Waals surface area contributed by atoms with E-state index in [2.05, 4.69) is 15.6 Å². The van der Waals surface area contributed by atoms with Crippen LogP contribution in [-0.4, -0.2) is 67.8 Å². The van der Waals surface area contributed by atoms with E-state index in [-0.39, 0.29) is 6.10 Å². The van der Waals surface area contributed by atoms with E-state index in [9.17, 15) is 18.0 Å². The molecular formula is C15H23F3N4O2S. The number of nitrogens with zero attached hydrogens (tertiary/aromatic N) is 2. The van der Waals surface area contributed by atoms with Gasteiger partial charge in [0.15, 0.2) is 0 Å². The Morgan fingerprint density at radius 2 is 2.08 bits per heavy atom.